The van der Waals surface area contributed by atoms with Gasteiger partial charge in [0.2, 0.25) is 9.84 Å². The molecule has 0 aliphatic carbocycles. The molecule has 114 valence electrons. The van der Waals surface area contributed by atoms with Gasteiger partial charge in [0.1, 0.15) is 5.75 Å². The summed E-state index contributed by atoms with van der Waals surface area (Å²) in [6.45, 7) is -3.01. The average molecular weight is 323 g/mol. The highest BCUT2D eigenvalue weighted by Crippen LogP contribution is 2.27. The highest BCUT2D eigenvalue weighted by atomic mass is 32.2. The van der Waals surface area contributed by atoms with Gasteiger partial charge in [-0.2, -0.15) is 8.78 Å². The Kier molecular flexibility index (Phi) is 3.58. The number of H-pyrrole nitrogens is 1. The van der Waals surface area contributed by atoms with Crippen molar-refractivity contribution in [1.29, 1.82) is 0 Å². The Hall–Kier alpha value is -2.41. The molecule has 0 fully saturated rings. The van der Waals surface area contributed by atoms with Gasteiger partial charge in [0.05, 0.1) is 9.79 Å². The van der Waals surface area contributed by atoms with Gasteiger partial charge >= 0.3 is 6.61 Å². The Morgan fingerprint density at radius 2 is 1.77 bits per heavy atom. The van der Waals surface area contributed by atoms with E-state index in [4.69, 9.17) is 0 Å². The monoisotopic (exact) mass is 323 g/mol. The second-order valence-electron chi connectivity index (χ2n) is 4.58. The molecule has 3 aromatic rings. The molecule has 4 nitrogen and oxygen atoms in total. The predicted molar refractivity (Wildman–Crippen MR) is 76.8 cm³/mol. The number of fused-ring (bicyclic) bond motifs is 1. The van der Waals surface area contributed by atoms with E-state index in [2.05, 4.69) is 9.72 Å². The molecule has 7 heteroatoms. The van der Waals surface area contributed by atoms with E-state index in [1.165, 1.54) is 30.3 Å². The van der Waals surface area contributed by atoms with Gasteiger partial charge in [0.15, 0.2) is 0 Å². The number of nitrogens with one attached hydrogen (secondary N) is 1. The number of alkyl halides is 2. The minimum atomic E-state index is -3.81. The lowest BCUT2D eigenvalue weighted by Crippen LogP contribution is -2.05. The van der Waals surface area contributed by atoms with E-state index in [1.54, 1.807) is 12.3 Å². The molecule has 22 heavy (non-hydrogen) atoms. The maximum atomic E-state index is 12.6. The first-order chi connectivity index (χ1) is 10.5. The van der Waals surface area contributed by atoms with Crippen LogP contribution in [0.3, 0.4) is 0 Å². The van der Waals surface area contributed by atoms with Crippen molar-refractivity contribution in [2.45, 2.75) is 16.4 Å². The third-order valence-corrected chi connectivity index (χ3v) is 4.93. The van der Waals surface area contributed by atoms with Gasteiger partial charge in [-0.25, -0.2) is 8.42 Å². The molecular weight excluding hydrogens is 312 g/mol. The van der Waals surface area contributed by atoms with Crippen molar-refractivity contribution >= 4 is 20.7 Å². The average Bonchev–Trinajstić information content (AvgIpc) is 2.94. The summed E-state index contributed by atoms with van der Waals surface area (Å²) in [6, 6.07) is 11.5. The van der Waals surface area contributed by atoms with Gasteiger partial charge < -0.3 is 9.72 Å². The Bertz CT molecular complexity index is 919. The van der Waals surface area contributed by atoms with E-state index in [9.17, 15) is 17.2 Å². The lowest BCUT2D eigenvalue weighted by Gasteiger charge is -2.08. The molecule has 0 unspecified atom stereocenters. The highest BCUT2D eigenvalue weighted by molar-refractivity contribution is 7.91. The first-order valence-electron chi connectivity index (χ1n) is 6.34. The van der Waals surface area contributed by atoms with Gasteiger partial charge in [-0.3, -0.25) is 0 Å². The van der Waals surface area contributed by atoms with Crippen LogP contribution in [0.15, 0.2) is 64.5 Å². The molecule has 0 radical (unpaired) electrons. The maximum absolute atomic E-state index is 12.6. The molecule has 0 aliphatic heterocycles. The predicted octanol–water partition coefficient (Wildman–Crippen LogP) is 3.60. The highest BCUT2D eigenvalue weighted by Gasteiger charge is 2.19. The van der Waals surface area contributed by atoms with E-state index in [1.807, 2.05) is 6.07 Å². The summed E-state index contributed by atoms with van der Waals surface area (Å²) in [6.07, 6.45) is 1.71. The third-order valence-electron chi connectivity index (χ3n) is 3.18. The van der Waals surface area contributed by atoms with E-state index in [0.29, 0.717) is 5.52 Å². The van der Waals surface area contributed by atoms with Crippen LogP contribution in [0.4, 0.5) is 8.78 Å². The fourth-order valence-electron chi connectivity index (χ4n) is 2.15. The molecule has 0 amide bonds. The van der Waals surface area contributed by atoms with Crippen LogP contribution in [0.2, 0.25) is 0 Å². The zero-order valence-electron chi connectivity index (χ0n) is 11.2. The summed E-state index contributed by atoms with van der Waals surface area (Å²) >= 11 is 0. The first kappa shape index (κ1) is 14.5. The molecule has 0 bridgehead atoms. The van der Waals surface area contributed by atoms with Crippen molar-refractivity contribution in [3.8, 4) is 5.75 Å². The molecule has 1 heterocycles. The number of sulfone groups is 1. The van der Waals surface area contributed by atoms with Crippen LogP contribution in [0, 0.1) is 0 Å². The summed E-state index contributed by atoms with van der Waals surface area (Å²) in [4.78, 5) is 2.91. The molecule has 1 N–H and O–H groups in total. The van der Waals surface area contributed by atoms with E-state index >= 15 is 0 Å². The minimum absolute atomic E-state index is 0.0802. The van der Waals surface area contributed by atoms with Gasteiger partial charge in [0, 0.05) is 11.7 Å². The quantitative estimate of drug-likeness (QED) is 0.798. The van der Waals surface area contributed by atoms with Crippen molar-refractivity contribution in [2.75, 3.05) is 0 Å². The lowest BCUT2D eigenvalue weighted by molar-refractivity contribution is -0.0499. The largest absolute Gasteiger partial charge is 0.435 e. The van der Waals surface area contributed by atoms with Crippen LogP contribution in [0.5, 0.6) is 5.75 Å². The van der Waals surface area contributed by atoms with E-state index in [-0.39, 0.29) is 15.5 Å². The van der Waals surface area contributed by atoms with Gasteiger partial charge in [-0.05, 0) is 41.8 Å². The summed E-state index contributed by atoms with van der Waals surface area (Å²) < 4.78 is 53.9. The van der Waals surface area contributed by atoms with E-state index in [0.717, 1.165) is 11.5 Å². The molecule has 0 saturated carbocycles. The molecule has 0 aliphatic rings. The number of ether oxygens (including phenoxy) is 1. The fourth-order valence-corrected chi connectivity index (χ4v) is 3.47. The number of hydrogen-bond donors (Lipinski definition) is 1. The second-order valence-corrected chi connectivity index (χ2v) is 6.53. The molecule has 0 spiro atoms. The Morgan fingerprint density at radius 3 is 2.55 bits per heavy atom. The normalized spacial score (nSPS) is 12.0. The summed E-state index contributed by atoms with van der Waals surface area (Å²) in [5.74, 6) is -0.197. The van der Waals surface area contributed by atoms with Crippen LogP contribution in [-0.2, 0) is 9.84 Å². The van der Waals surface area contributed by atoms with Crippen molar-refractivity contribution in [3.63, 3.8) is 0 Å². The van der Waals surface area contributed by atoms with Crippen LogP contribution in [0.25, 0.3) is 10.9 Å². The lowest BCUT2D eigenvalue weighted by atomic mass is 10.2. The van der Waals surface area contributed by atoms with Crippen molar-refractivity contribution in [2.24, 2.45) is 0 Å². The molecule has 3 rings (SSSR count). The topological polar surface area (TPSA) is 59.2 Å². The van der Waals surface area contributed by atoms with Gasteiger partial charge in [0.25, 0.3) is 0 Å². The molecule has 0 saturated heterocycles. The zero-order valence-corrected chi connectivity index (χ0v) is 12.0. The Balaban J connectivity index is 2.05. The van der Waals surface area contributed by atoms with Crippen LogP contribution < -0.4 is 4.74 Å². The van der Waals surface area contributed by atoms with Crippen LogP contribution in [0.1, 0.15) is 0 Å². The number of halogens is 2. The summed E-state index contributed by atoms with van der Waals surface area (Å²) in [7, 11) is -3.81. The number of aromatic amines is 1. The first-order valence-corrected chi connectivity index (χ1v) is 7.82. The smallest absolute Gasteiger partial charge is 0.387 e. The molecule has 2 aromatic carbocycles. The molecule has 1 aromatic heterocycles. The van der Waals surface area contributed by atoms with Gasteiger partial charge in [-0.1, -0.05) is 12.1 Å². The molecule has 0 atom stereocenters. The van der Waals surface area contributed by atoms with Crippen molar-refractivity contribution in [1.82, 2.24) is 4.98 Å². The molecular formula is C15H11F2NO3S. The number of hydrogen-bond acceptors (Lipinski definition) is 3. The zero-order chi connectivity index (χ0) is 15.7. The van der Waals surface area contributed by atoms with Crippen LogP contribution >= 0.6 is 0 Å². The van der Waals surface area contributed by atoms with E-state index < -0.39 is 16.4 Å². The number of aromatic nitrogens is 1. The van der Waals surface area contributed by atoms with Gasteiger partial charge in [-0.15, -0.1) is 0 Å². The SMILES string of the molecule is O=S(=O)(c1cccc(OC(F)F)c1)c1ccc2cc[nH]c2c1. The van der Waals surface area contributed by atoms with Crippen molar-refractivity contribution in [3.05, 3.63) is 54.7 Å². The Morgan fingerprint density at radius 1 is 1.00 bits per heavy atom. The number of rotatable bonds is 4. The van der Waals surface area contributed by atoms with Crippen LogP contribution in [-0.4, -0.2) is 20.0 Å². The minimum Gasteiger partial charge on any atom is -0.435 e. The third kappa shape index (κ3) is 2.67. The van der Waals surface area contributed by atoms with Crippen molar-refractivity contribution < 1.29 is 21.9 Å². The standard InChI is InChI=1S/C15H11F2NO3S/c16-15(17)21-11-2-1-3-12(8-11)22(19,20)13-5-4-10-6-7-18-14(10)9-13/h1-9,15,18H. The second kappa shape index (κ2) is 5.42. The fraction of sp³-hybridized carbons (Fsp3) is 0.0667. The maximum Gasteiger partial charge on any atom is 0.387 e. The Labute approximate surface area is 125 Å². The summed E-state index contributed by atoms with van der Waals surface area (Å²) in [5, 5.41) is 0.883. The summed E-state index contributed by atoms with van der Waals surface area (Å²) in [5.41, 5.74) is 0.682. The number of benzene rings is 2.